The number of halogens is 2. The number of anilines is 1. The predicted octanol–water partition coefficient (Wildman–Crippen LogP) is 2.67. The molecule has 2 aromatic carbocycles. The zero-order valence-corrected chi connectivity index (χ0v) is 14.8. The molecule has 1 aliphatic heterocycles. The fourth-order valence-electron chi connectivity index (χ4n) is 3.19. The number of nitrogens with two attached hydrogens (primary N) is 2. The molecule has 25 heavy (non-hydrogen) atoms. The van der Waals surface area contributed by atoms with Gasteiger partial charge in [0.15, 0.2) is 0 Å². The van der Waals surface area contributed by atoms with Gasteiger partial charge in [0, 0.05) is 11.6 Å². The molecule has 1 heterocycles. The highest BCUT2D eigenvalue weighted by molar-refractivity contribution is 6.42. The topological polar surface area (TPSA) is 89.4 Å². The quantitative estimate of drug-likeness (QED) is 0.861. The first-order valence-electron chi connectivity index (χ1n) is 7.77. The summed E-state index contributed by atoms with van der Waals surface area (Å²) in [5.74, 6) is -1.07. The van der Waals surface area contributed by atoms with Crippen LogP contribution in [0.2, 0.25) is 10.0 Å². The molecule has 5 nitrogen and oxygen atoms in total. The lowest BCUT2D eigenvalue weighted by molar-refractivity contribution is -0.123. The molecule has 0 saturated carbocycles. The van der Waals surface area contributed by atoms with Gasteiger partial charge in [-0.2, -0.15) is 0 Å². The summed E-state index contributed by atoms with van der Waals surface area (Å²) in [6.45, 7) is -0.211. The minimum atomic E-state index is -0.758. The van der Waals surface area contributed by atoms with Crippen LogP contribution in [0.1, 0.15) is 23.5 Å². The van der Waals surface area contributed by atoms with Crippen molar-refractivity contribution in [2.24, 2.45) is 11.5 Å². The lowest BCUT2D eigenvalue weighted by Gasteiger charge is -2.23. The Kier molecular flexibility index (Phi) is 4.99. The third kappa shape index (κ3) is 3.49. The van der Waals surface area contributed by atoms with Crippen LogP contribution in [-0.2, 0) is 9.59 Å². The van der Waals surface area contributed by atoms with Crippen molar-refractivity contribution in [1.29, 1.82) is 0 Å². The molecule has 0 radical (unpaired) electrons. The molecule has 1 aliphatic rings. The summed E-state index contributed by atoms with van der Waals surface area (Å²) < 4.78 is 0. The van der Waals surface area contributed by atoms with Crippen molar-refractivity contribution in [3.8, 4) is 0 Å². The Bertz CT molecular complexity index is 841. The third-order valence-corrected chi connectivity index (χ3v) is 5.07. The van der Waals surface area contributed by atoms with E-state index in [-0.39, 0.29) is 18.4 Å². The Morgan fingerprint density at radius 2 is 1.88 bits per heavy atom. The summed E-state index contributed by atoms with van der Waals surface area (Å²) in [5, 5.41) is 0.901. The Morgan fingerprint density at radius 3 is 2.56 bits per heavy atom. The molecule has 2 amide bonds. The SMILES string of the molecule is NC(=O)CN1C(=O)C(N)CC(c2ccc(Cl)c(Cl)c2)c2ccccc21. The van der Waals surface area contributed by atoms with Crippen molar-refractivity contribution < 1.29 is 9.59 Å². The summed E-state index contributed by atoms with van der Waals surface area (Å²) >= 11 is 12.2. The molecular weight excluding hydrogens is 361 g/mol. The third-order valence-electron chi connectivity index (χ3n) is 4.34. The van der Waals surface area contributed by atoms with Gasteiger partial charge in [-0.05, 0) is 35.7 Å². The first kappa shape index (κ1) is 17.7. The van der Waals surface area contributed by atoms with Crippen molar-refractivity contribution in [2.75, 3.05) is 11.4 Å². The zero-order valence-electron chi connectivity index (χ0n) is 13.3. The van der Waals surface area contributed by atoms with E-state index in [4.69, 9.17) is 34.7 Å². The van der Waals surface area contributed by atoms with E-state index in [1.54, 1.807) is 18.2 Å². The average molecular weight is 378 g/mol. The molecule has 0 fully saturated rings. The Hall–Kier alpha value is -2.08. The molecule has 0 saturated heterocycles. The minimum Gasteiger partial charge on any atom is -0.368 e. The van der Waals surface area contributed by atoms with Crippen LogP contribution in [0.15, 0.2) is 42.5 Å². The maximum absolute atomic E-state index is 12.7. The Balaban J connectivity index is 2.14. The summed E-state index contributed by atoms with van der Waals surface area (Å²) in [6.07, 6.45) is 0.392. The number of carbonyl (C=O) groups excluding carboxylic acids is 2. The molecule has 3 rings (SSSR count). The van der Waals surface area contributed by atoms with Crippen molar-refractivity contribution in [1.82, 2.24) is 0 Å². The van der Waals surface area contributed by atoms with Crippen molar-refractivity contribution in [2.45, 2.75) is 18.4 Å². The van der Waals surface area contributed by atoms with Gasteiger partial charge in [-0.25, -0.2) is 0 Å². The number of hydrogen-bond acceptors (Lipinski definition) is 3. The van der Waals surface area contributed by atoms with E-state index in [1.807, 2.05) is 24.3 Å². The molecule has 0 bridgehead atoms. The van der Waals surface area contributed by atoms with Gasteiger partial charge in [-0.15, -0.1) is 0 Å². The number of rotatable bonds is 3. The fraction of sp³-hybridized carbons (Fsp3) is 0.222. The van der Waals surface area contributed by atoms with Gasteiger partial charge >= 0.3 is 0 Å². The van der Waals surface area contributed by atoms with E-state index in [2.05, 4.69) is 0 Å². The lowest BCUT2D eigenvalue weighted by atomic mass is 9.86. The van der Waals surface area contributed by atoms with Gasteiger partial charge in [0.1, 0.15) is 6.54 Å². The van der Waals surface area contributed by atoms with E-state index in [0.717, 1.165) is 11.1 Å². The van der Waals surface area contributed by atoms with Gasteiger partial charge in [-0.1, -0.05) is 47.5 Å². The van der Waals surface area contributed by atoms with Gasteiger partial charge < -0.3 is 16.4 Å². The first-order chi connectivity index (χ1) is 11.9. The molecule has 2 unspecified atom stereocenters. The molecule has 0 spiro atoms. The minimum absolute atomic E-state index is 0.150. The summed E-state index contributed by atoms with van der Waals surface area (Å²) in [4.78, 5) is 25.5. The van der Waals surface area contributed by atoms with Crippen molar-refractivity contribution in [3.63, 3.8) is 0 Å². The van der Waals surface area contributed by atoms with Crippen LogP contribution in [0.4, 0.5) is 5.69 Å². The lowest BCUT2D eigenvalue weighted by Crippen LogP contribution is -2.46. The van der Waals surface area contributed by atoms with Gasteiger partial charge in [-0.3, -0.25) is 9.59 Å². The summed E-state index contributed by atoms with van der Waals surface area (Å²) in [7, 11) is 0. The number of carbonyl (C=O) groups is 2. The number of primary amides is 1. The summed E-state index contributed by atoms with van der Waals surface area (Å²) in [6, 6.07) is 12.0. The fourth-order valence-corrected chi connectivity index (χ4v) is 3.50. The van der Waals surface area contributed by atoms with Gasteiger partial charge in [0.2, 0.25) is 11.8 Å². The molecule has 0 aliphatic carbocycles. The van der Waals surface area contributed by atoms with E-state index >= 15 is 0 Å². The van der Waals surface area contributed by atoms with Gasteiger partial charge in [0.05, 0.1) is 16.1 Å². The van der Waals surface area contributed by atoms with Crippen LogP contribution in [0.25, 0.3) is 0 Å². The number of para-hydroxylation sites is 1. The van der Waals surface area contributed by atoms with Crippen LogP contribution in [-0.4, -0.2) is 24.4 Å². The van der Waals surface area contributed by atoms with Crippen LogP contribution in [0.3, 0.4) is 0 Å². The number of nitrogens with zero attached hydrogens (tertiary/aromatic N) is 1. The molecule has 4 N–H and O–H groups in total. The van der Waals surface area contributed by atoms with E-state index in [9.17, 15) is 9.59 Å². The van der Waals surface area contributed by atoms with E-state index in [0.29, 0.717) is 22.2 Å². The molecule has 130 valence electrons. The summed E-state index contributed by atoms with van der Waals surface area (Å²) in [5.41, 5.74) is 13.9. The Morgan fingerprint density at radius 1 is 1.16 bits per heavy atom. The molecule has 2 atom stereocenters. The standard InChI is InChI=1S/C18H17Cl2N3O2/c19-13-6-5-10(7-14(13)20)12-8-15(21)18(25)23(9-17(22)24)16-4-2-1-3-11(12)16/h1-7,12,15H,8-9,21H2,(H2,22,24). The molecule has 0 aromatic heterocycles. The number of fused-ring (bicyclic) bond motifs is 1. The highest BCUT2D eigenvalue weighted by Gasteiger charge is 2.34. The number of amides is 2. The van der Waals surface area contributed by atoms with Crippen LogP contribution in [0, 0.1) is 0 Å². The molecule has 7 heteroatoms. The average Bonchev–Trinajstić information content (AvgIpc) is 2.68. The highest BCUT2D eigenvalue weighted by atomic mass is 35.5. The Labute approximate surface area is 155 Å². The normalized spacial score (nSPS) is 20.1. The second-order valence-electron chi connectivity index (χ2n) is 6.02. The molecule has 2 aromatic rings. The second kappa shape index (κ2) is 7.04. The smallest absolute Gasteiger partial charge is 0.244 e. The maximum Gasteiger partial charge on any atom is 0.244 e. The van der Waals surface area contributed by atoms with Crippen LogP contribution in [0.5, 0.6) is 0 Å². The van der Waals surface area contributed by atoms with Crippen molar-refractivity contribution >= 4 is 40.7 Å². The number of benzene rings is 2. The second-order valence-corrected chi connectivity index (χ2v) is 6.83. The van der Waals surface area contributed by atoms with E-state index < -0.39 is 11.9 Å². The van der Waals surface area contributed by atoms with Crippen molar-refractivity contribution in [3.05, 3.63) is 63.6 Å². The highest BCUT2D eigenvalue weighted by Crippen LogP contribution is 2.40. The largest absolute Gasteiger partial charge is 0.368 e. The first-order valence-corrected chi connectivity index (χ1v) is 8.53. The van der Waals surface area contributed by atoms with Gasteiger partial charge in [0.25, 0.3) is 0 Å². The van der Waals surface area contributed by atoms with Crippen LogP contribution < -0.4 is 16.4 Å². The van der Waals surface area contributed by atoms with Crippen LogP contribution >= 0.6 is 23.2 Å². The zero-order chi connectivity index (χ0) is 18.1. The monoisotopic (exact) mass is 377 g/mol. The number of hydrogen-bond donors (Lipinski definition) is 2. The maximum atomic E-state index is 12.7. The molecular formula is C18H17Cl2N3O2. The van der Waals surface area contributed by atoms with E-state index in [1.165, 1.54) is 4.90 Å². The predicted molar refractivity (Wildman–Crippen MR) is 98.9 cm³/mol.